The van der Waals surface area contributed by atoms with Gasteiger partial charge in [-0.3, -0.25) is 9.36 Å². The Morgan fingerprint density at radius 2 is 2.15 bits per heavy atom. The van der Waals surface area contributed by atoms with E-state index in [4.69, 9.17) is 14.5 Å². The third-order valence-corrected chi connectivity index (χ3v) is 6.23. The highest BCUT2D eigenvalue weighted by atomic mass is 16.7. The second-order valence-electron chi connectivity index (χ2n) is 8.43. The number of H-pyrrole nitrogens is 1. The molecule has 1 fully saturated rings. The molecule has 0 spiro atoms. The zero-order valence-electron chi connectivity index (χ0n) is 18.5. The topological polar surface area (TPSA) is 123 Å². The van der Waals surface area contributed by atoms with Gasteiger partial charge in [0.2, 0.25) is 18.6 Å². The lowest BCUT2D eigenvalue weighted by Crippen LogP contribution is -2.43. The number of benzene rings is 1. The first-order chi connectivity index (χ1) is 16.7. The van der Waals surface area contributed by atoms with E-state index in [0.717, 1.165) is 42.9 Å². The highest BCUT2D eigenvalue weighted by Crippen LogP contribution is 2.33. The number of nitrogens with one attached hydrogen (secondary N) is 2. The van der Waals surface area contributed by atoms with Gasteiger partial charge in [-0.05, 0) is 37.0 Å². The van der Waals surface area contributed by atoms with Gasteiger partial charge >= 0.3 is 0 Å². The molecule has 2 aliphatic rings. The van der Waals surface area contributed by atoms with Crippen LogP contribution in [0.3, 0.4) is 0 Å². The van der Waals surface area contributed by atoms with Gasteiger partial charge in [0.05, 0.1) is 6.33 Å². The number of piperidine rings is 1. The molecule has 6 rings (SSSR count). The number of hydrogen-bond acceptors (Lipinski definition) is 8. The van der Waals surface area contributed by atoms with Crippen molar-refractivity contribution in [2.24, 2.45) is 0 Å². The van der Waals surface area contributed by atoms with Crippen molar-refractivity contribution in [3.8, 4) is 17.4 Å². The van der Waals surface area contributed by atoms with Crippen molar-refractivity contribution in [2.75, 3.05) is 18.2 Å². The minimum absolute atomic E-state index is 0.00303. The van der Waals surface area contributed by atoms with Crippen LogP contribution >= 0.6 is 0 Å². The summed E-state index contributed by atoms with van der Waals surface area (Å²) in [7, 11) is 0. The van der Waals surface area contributed by atoms with Crippen molar-refractivity contribution in [1.29, 1.82) is 0 Å². The van der Waals surface area contributed by atoms with E-state index in [2.05, 4.69) is 30.2 Å². The van der Waals surface area contributed by atoms with Crippen LogP contribution in [0.2, 0.25) is 0 Å². The Kier molecular flexibility index (Phi) is 5.21. The number of rotatable bonds is 6. The average molecular weight is 460 g/mol. The van der Waals surface area contributed by atoms with E-state index in [0.29, 0.717) is 35.8 Å². The molecule has 11 heteroatoms. The van der Waals surface area contributed by atoms with Gasteiger partial charge in [0.15, 0.2) is 28.5 Å². The Balaban J connectivity index is 1.20. The van der Waals surface area contributed by atoms with Crippen molar-refractivity contribution in [2.45, 2.75) is 38.3 Å². The van der Waals surface area contributed by atoms with Crippen LogP contribution in [0.1, 0.15) is 31.2 Å². The monoisotopic (exact) mass is 460 g/mol. The predicted molar refractivity (Wildman–Crippen MR) is 123 cm³/mol. The van der Waals surface area contributed by atoms with Gasteiger partial charge in [-0.15, -0.1) is 0 Å². The molecule has 4 aromatic rings. The molecular weight excluding hydrogens is 436 g/mol. The fourth-order valence-electron chi connectivity index (χ4n) is 4.53. The van der Waals surface area contributed by atoms with Gasteiger partial charge in [0.1, 0.15) is 6.33 Å². The fraction of sp³-hybridized carbons (Fsp3) is 0.348. The highest BCUT2D eigenvalue weighted by molar-refractivity contribution is 5.84. The summed E-state index contributed by atoms with van der Waals surface area (Å²) in [5.74, 6) is 2.70. The summed E-state index contributed by atoms with van der Waals surface area (Å²) in [5.41, 5.74) is 2.33. The summed E-state index contributed by atoms with van der Waals surface area (Å²) in [6.45, 7) is 1.48. The summed E-state index contributed by atoms with van der Waals surface area (Å²) in [4.78, 5) is 36.2. The minimum atomic E-state index is -0.00303. The minimum Gasteiger partial charge on any atom is -0.454 e. The van der Waals surface area contributed by atoms with Crippen molar-refractivity contribution in [1.82, 2.24) is 34.8 Å². The maximum atomic E-state index is 12.9. The maximum absolute atomic E-state index is 12.9. The lowest BCUT2D eigenvalue weighted by molar-refractivity contribution is -0.121. The number of carbonyl (C=O) groups excluding carboxylic acids is 1. The molecule has 1 atom stereocenters. The Labute approximate surface area is 195 Å². The number of hydrogen-bond donors (Lipinski definition) is 2. The number of carbonyl (C=O) groups is 1. The first-order valence-corrected chi connectivity index (χ1v) is 11.4. The van der Waals surface area contributed by atoms with Crippen molar-refractivity contribution >= 4 is 22.9 Å². The number of ether oxygens (including phenoxy) is 2. The van der Waals surface area contributed by atoms with Crippen LogP contribution in [0.4, 0.5) is 5.82 Å². The molecule has 1 aromatic carbocycles. The number of fused-ring (bicyclic) bond motifs is 2. The quantitative estimate of drug-likeness (QED) is 0.449. The molecule has 34 heavy (non-hydrogen) atoms. The van der Waals surface area contributed by atoms with Gasteiger partial charge in [0.25, 0.3) is 0 Å². The molecular formula is C23H24N8O3. The largest absolute Gasteiger partial charge is 0.454 e. The molecule has 0 bridgehead atoms. The van der Waals surface area contributed by atoms with E-state index in [-0.39, 0.29) is 18.7 Å². The van der Waals surface area contributed by atoms with E-state index in [1.807, 2.05) is 18.2 Å². The molecule has 2 aliphatic heterocycles. The average Bonchev–Trinajstić information content (AvgIpc) is 3.63. The third kappa shape index (κ3) is 3.89. The second kappa shape index (κ2) is 8.65. The highest BCUT2D eigenvalue weighted by Gasteiger charge is 2.29. The lowest BCUT2D eigenvalue weighted by atomic mass is 9.98. The number of aromatic nitrogens is 6. The van der Waals surface area contributed by atoms with Gasteiger partial charge in [-0.2, -0.15) is 9.97 Å². The van der Waals surface area contributed by atoms with Crippen LogP contribution in [-0.4, -0.2) is 54.8 Å². The SMILES string of the molecule is O=C(CC1CCCCN1c1nc(-n2ccnc2)nc2[nH]cnc12)NCc1ccc2c(c1)OCO2. The summed E-state index contributed by atoms with van der Waals surface area (Å²) in [5, 5.41) is 3.05. The summed E-state index contributed by atoms with van der Waals surface area (Å²) < 4.78 is 12.5. The Morgan fingerprint density at radius 1 is 1.21 bits per heavy atom. The van der Waals surface area contributed by atoms with Gasteiger partial charge in [0, 0.05) is 37.9 Å². The van der Waals surface area contributed by atoms with E-state index in [1.54, 1.807) is 29.6 Å². The molecule has 2 N–H and O–H groups in total. The number of imidazole rings is 2. The molecule has 1 saturated heterocycles. The van der Waals surface area contributed by atoms with E-state index in [1.165, 1.54) is 0 Å². The standard InChI is InChI=1S/C23H24N8O3/c32-19(25-11-15-4-5-17-18(9-15)34-14-33-17)10-16-3-1-2-7-31(16)22-20-21(27-12-26-20)28-23(29-22)30-8-6-24-13-30/h4-6,8-9,12-13,16H,1-3,7,10-11,14H2,(H,25,32)(H,26,27,28,29). The van der Waals surface area contributed by atoms with Crippen molar-refractivity contribution in [3.05, 3.63) is 48.8 Å². The van der Waals surface area contributed by atoms with Crippen molar-refractivity contribution < 1.29 is 14.3 Å². The van der Waals surface area contributed by atoms with Gasteiger partial charge in [-0.25, -0.2) is 9.97 Å². The van der Waals surface area contributed by atoms with Crippen LogP contribution in [-0.2, 0) is 11.3 Å². The summed E-state index contributed by atoms with van der Waals surface area (Å²) >= 11 is 0. The van der Waals surface area contributed by atoms with Crippen molar-refractivity contribution in [3.63, 3.8) is 0 Å². The Bertz CT molecular complexity index is 1320. The molecule has 0 radical (unpaired) electrons. The molecule has 1 amide bonds. The molecule has 11 nitrogen and oxygen atoms in total. The number of nitrogens with zero attached hydrogens (tertiary/aromatic N) is 6. The van der Waals surface area contributed by atoms with E-state index in [9.17, 15) is 4.79 Å². The van der Waals surface area contributed by atoms with Gasteiger partial charge < -0.3 is 24.7 Å². The van der Waals surface area contributed by atoms with Crippen LogP contribution < -0.4 is 19.7 Å². The third-order valence-electron chi connectivity index (χ3n) is 6.23. The number of anilines is 1. The van der Waals surface area contributed by atoms with Crippen LogP contribution in [0.5, 0.6) is 11.5 Å². The molecule has 1 unspecified atom stereocenters. The van der Waals surface area contributed by atoms with Crippen LogP contribution in [0, 0.1) is 0 Å². The summed E-state index contributed by atoms with van der Waals surface area (Å²) in [6, 6.07) is 5.74. The Morgan fingerprint density at radius 3 is 3.06 bits per heavy atom. The number of aromatic amines is 1. The second-order valence-corrected chi connectivity index (χ2v) is 8.43. The van der Waals surface area contributed by atoms with Crippen LogP contribution in [0.25, 0.3) is 17.1 Å². The molecule has 174 valence electrons. The van der Waals surface area contributed by atoms with Gasteiger partial charge in [-0.1, -0.05) is 6.07 Å². The summed E-state index contributed by atoms with van der Waals surface area (Å²) in [6.07, 6.45) is 10.2. The maximum Gasteiger partial charge on any atom is 0.239 e. The zero-order chi connectivity index (χ0) is 22.9. The Hall–Kier alpha value is -4.15. The lowest BCUT2D eigenvalue weighted by Gasteiger charge is -2.36. The zero-order valence-corrected chi connectivity index (χ0v) is 18.5. The predicted octanol–water partition coefficient (Wildman–Crippen LogP) is 2.33. The van der Waals surface area contributed by atoms with Crippen LogP contribution in [0.15, 0.2) is 43.2 Å². The molecule has 0 aliphatic carbocycles. The first kappa shape index (κ1) is 20.5. The smallest absolute Gasteiger partial charge is 0.239 e. The molecule has 5 heterocycles. The first-order valence-electron chi connectivity index (χ1n) is 11.4. The normalized spacial score (nSPS) is 17.3. The number of amides is 1. The molecule has 0 saturated carbocycles. The van der Waals surface area contributed by atoms with E-state index >= 15 is 0 Å². The fourth-order valence-corrected chi connectivity index (χ4v) is 4.53. The van der Waals surface area contributed by atoms with E-state index < -0.39 is 0 Å². The molecule has 3 aromatic heterocycles.